The summed E-state index contributed by atoms with van der Waals surface area (Å²) in [4.78, 5) is 23.3. The fraction of sp³-hybridized carbons (Fsp3) is 0.800. The monoisotopic (exact) mass is 1060 g/mol. The Balaban J connectivity index is 3.91. The van der Waals surface area contributed by atoms with Crippen LogP contribution in [-0.4, -0.2) is 73.4 Å². The van der Waals surface area contributed by atoms with Crippen molar-refractivity contribution in [2.45, 2.75) is 296 Å². The van der Waals surface area contributed by atoms with E-state index in [1.807, 2.05) is 27.2 Å². The molecule has 0 rings (SSSR count). The van der Waals surface area contributed by atoms with Gasteiger partial charge in [-0.1, -0.05) is 267 Å². The van der Waals surface area contributed by atoms with Gasteiger partial charge in [0.25, 0.3) is 0 Å². The fourth-order valence-corrected chi connectivity index (χ4v) is 9.70. The van der Waals surface area contributed by atoms with Crippen LogP contribution in [0.3, 0.4) is 0 Å². The summed E-state index contributed by atoms with van der Waals surface area (Å²) in [6.07, 6.45) is 77.6. The van der Waals surface area contributed by atoms with E-state index in [9.17, 15) is 19.4 Å². The molecule has 3 N–H and O–H groups in total. The minimum absolute atomic E-state index is 0.0528. The van der Waals surface area contributed by atoms with Crippen molar-refractivity contribution >= 4 is 13.7 Å². The number of carbonyl (C=O) groups excluding carboxylic acids is 1. The quantitative estimate of drug-likeness (QED) is 0.0243. The molecule has 0 saturated heterocycles. The lowest BCUT2D eigenvalue weighted by molar-refractivity contribution is -0.870. The lowest BCUT2D eigenvalue weighted by atomic mass is 10.0. The minimum atomic E-state index is -4.36. The first-order valence-corrected chi connectivity index (χ1v) is 32.8. The average molecular weight is 1060 g/mol. The predicted octanol–water partition coefficient (Wildman–Crippen LogP) is 19.4. The van der Waals surface area contributed by atoms with Gasteiger partial charge in [-0.15, -0.1) is 0 Å². The third-order valence-corrected chi connectivity index (χ3v) is 14.9. The number of aliphatic hydroxyl groups excluding tert-OH is 1. The topological polar surface area (TPSA) is 105 Å². The highest BCUT2D eigenvalue weighted by molar-refractivity contribution is 7.47. The zero-order valence-corrected chi connectivity index (χ0v) is 50.2. The molecule has 0 aliphatic carbocycles. The maximum Gasteiger partial charge on any atom is 0.472 e. The molecule has 0 aromatic heterocycles. The number of carbonyl (C=O) groups is 1. The van der Waals surface area contributed by atoms with Crippen molar-refractivity contribution in [2.24, 2.45) is 0 Å². The number of aliphatic hydroxyl groups is 1. The van der Waals surface area contributed by atoms with E-state index in [0.29, 0.717) is 17.4 Å². The Hall–Kier alpha value is -2.06. The molecule has 3 unspecified atom stereocenters. The molecule has 432 valence electrons. The number of amides is 1. The zero-order chi connectivity index (χ0) is 54.2. The van der Waals surface area contributed by atoms with Crippen LogP contribution in [0.1, 0.15) is 284 Å². The molecule has 0 bridgehead atoms. The van der Waals surface area contributed by atoms with Crippen molar-refractivity contribution < 1.29 is 32.9 Å². The Morgan fingerprint density at radius 2 is 0.784 bits per heavy atom. The highest BCUT2D eigenvalue weighted by atomic mass is 31.2. The largest absolute Gasteiger partial charge is 0.472 e. The Kier molecular flexibility index (Phi) is 54.1. The summed E-state index contributed by atoms with van der Waals surface area (Å²) >= 11 is 0. The molecule has 0 saturated carbocycles. The second-order valence-corrected chi connectivity index (χ2v) is 23.9. The van der Waals surface area contributed by atoms with E-state index in [1.165, 1.54) is 199 Å². The number of unbranched alkanes of at least 4 members (excludes halogenated alkanes) is 34. The summed E-state index contributed by atoms with van der Waals surface area (Å²) < 4.78 is 23.6. The number of likely N-dealkylation sites (N-methyl/N-ethyl adjacent to an activating group) is 1. The number of rotatable bonds is 57. The zero-order valence-electron chi connectivity index (χ0n) is 49.3. The molecule has 1 amide bonds. The van der Waals surface area contributed by atoms with Gasteiger partial charge in [0.2, 0.25) is 5.91 Å². The molecule has 0 radical (unpaired) electrons. The highest BCUT2D eigenvalue weighted by Crippen LogP contribution is 2.43. The third-order valence-electron chi connectivity index (χ3n) is 13.9. The summed E-state index contributed by atoms with van der Waals surface area (Å²) in [6, 6.07) is -0.870. The molecule has 0 aromatic rings. The first-order valence-electron chi connectivity index (χ1n) is 31.3. The molecule has 0 aliphatic rings. The van der Waals surface area contributed by atoms with Crippen LogP contribution < -0.4 is 5.32 Å². The fourth-order valence-electron chi connectivity index (χ4n) is 8.96. The highest BCUT2D eigenvalue weighted by Gasteiger charge is 2.27. The first-order chi connectivity index (χ1) is 36.0. The number of nitrogens with one attached hydrogen (secondary N) is 1. The van der Waals surface area contributed by atoms with Gasteiger partial charge in [-0.3, -0.25) is 13.8 Å². The van der Waals surface area contributed by atoms with Gasteiger partial charge in [0.15, 0.2) is 0 Å². The van der Waals surface area contributed by atoms with Gasteiger partial charge in [0, 0.05) is 6.42 Å². The van der Waals surface area contributed by atoms with E-state index in [1.54, 1.807) is 6.08 Å². The van der Waals surface area contributed by atoms with Crippen molar-refractivity contribution in [3.63, 3.8) is 0 Å². The van der Waals surface area contributed by atoms with Gasteiger partial charge in [-0.2, -0.15) is 0 Å². The van der Waals surface area contributed by atoms with Crippen LogP contribution >= 0.6 is 7.82 Å². The lowest BCUT2D eigenvalue weighted by Gasteiger charge is -2.25. The third kappa shape index (κ3) is 57.6. The number of nitrogens with zero attached hydrogens (tertiary/aromatic N) is 1. The summed E-state index contributed by atoms with van der Waals surface area (Å²) in [7, 11) is 1.55. The molecule has 8 nitrogen and oxygen atoms in total. The van der Waals surface area contributed by atoms with Gasteiger partial charge >= 0.3 is 7.82 Å². The Morgan fingerprint density at radius 3 is 1.20 bits per heavy atom. The molecule has 0 aliphatic heterocycles. The van der Waals surface area contributed by atoms with Crippen LogP contribution in [0.5, 0.6) is 0 Å². The maximum absolute atomic E-state index is 13.0. The van der Waals surface area contributed by atoms with Gasteiger partial charge in [0.1, 0.15) is 13.2 Å². The second-order valence-electron chi connectivity index (χ2n) is 22.4. The summed E-state index contributed by atoms with van der Waals surface area (Å²) in [5, 5.41) is 13.9. The second kappa shape index (κ2) is 55.7. The van der Waals surface area contributed by atoms with E-state index in [4.69, 9.17) is 9.05 Å². The molecule has 74 heavy (non-hydrogen) atoms. The van der Waals surface area contributed by atoms with E-state index in [0.717, 1.165) is 64.2 Å². The van der Waals surface area contributed by atoms with Gasteiger partial charge in [-0.05, 0) is 83.5 Å². The number of allylic oxidation sites excluding steroid dienone is 11. The number of hydrogen-bond acceptors (Lipinski definition) is 5. The van der Waals surface area contributed by atoms with Crippen LogP contribution in [0, 0.1) is 0 Å². The summed E-state index contributed by atoms with van der Waals surface area (Å²) in [6.45, 7) is 4.75. The van der Waals surface area contributed by atoms with Crippen LogP contribution in [0.2, 0.25) is 0 Å². The van der Waals surface area contributed by atoms with Crippen molar-refractivity contribution in [1.29, 1.82) is 0 Å². The molecule has 0 aromatic carbocycles. The maximum atomic E-state index is 13.0. The Morgan fingerprint density at radius 1 is 0.459 bits per heavy atom. The van der Waals surface area contributed by atoms with Gasteiger partial charge < -0.3 is 19.8 Å². The number of phosphoric acid groups is 1. The van der Waals surface area contributed by atoms with E-state index < -0.39 is 20.0 Å². The number of quaternary nitrogens is 1. The number of hydrogen-bond donors (Lipinski definition) is 3. The van der Waals surface area contributed by atoms with Crippen molar-refractivity contribution in [3.05, 3.63) is 72.9 Å². The van der Waals surface area contributed by atoms with Gasteiger partial charge in [0.05, 0.1) is 39.9 Å². The lowest BCUT2D eigenvalue weighted by Crippen LogP contribution is -2.45. The van der Waals surface area contributed by atoms with E-state index in [2.05, 4.69) is 79.9 Å². The molecule has 0 heterocycles. The predicted molar refractivity (Wildman–Crippen MR) is 323 cm³/mol. The van der Waals surface area contributed by atoms with Crippen molar-refractivity contribution in [2.75, 3.05) is 40.9 Å². The van der Waals surface area contributed by atoms with Crippen LogP contribution in [-0.2, 0) is 18.4 Å². The van der Waals surface area contributed by atoms with Crippen LogP contribution in [0.4, 0.5) is 0 Å². The van der Waals surface area contributed by atoms with Crippen LogP contribution in [0.25, 0.3) is 0 Å². The van der Waals surface area contributed by atoms with Crippen LogP contribution in [0.15, 0.2) is 72.9 Å². The summed E-state index contributed by atoms with van der Waals surface area (Å²) in [5.41, 5.74) is 0. The van der Waals surface area contributed by atoms with Crippen molar-refractivity contribution in [1.82, 2.24) is 5.32 Å². The molecular weight excluding hydrogens is 936 g/mol. The van der Waals surface area contributed by atoms with Gasteiger partial charge in [-0.25, -0.2) is 4.57 Å². The Labute approximate surface area is 459 Å². The average Bonchev–Trinajstić information content (AvgIpc) is 3.36. The number of phosphoric ester groups is 1. The molecule has 3 atom stereocenters. The smallest absolute Gasteiger partial charge is 0.387 e. The molecule has 0 fully saturated rings. The SMILES string of the molecule is CCCCC/C=C/CC/C=C/CC/C=C/C(O)C(COP(=O)(O)OCC[N+](C)(C)C)NC(=O)CCCCCCCCCCCCCCCCCCCCCCCCCC/C=C\C/C=C\C/C=C\CCCCCCC. The van der Waals surface area contributed by atoms with E-state index >= 15 is 0 Å². The van der Waals surface area contributed by atoms with E-state index in [-0.39, 0.29) is 19.1 Å². The molecule has 9 heteroatoms. The molecule has 0 spiro atoms. The first kappa shape index (κ1) is 71.9. The normalized spacial score (nSPS) is 14.3. The standard InChI is InChI=1S/C65H121N2O6P/c1-6-8-10-12-14-16-18-20-21-22-23-24-25-26-27-28-29-30-31-32-33-34-35-36-37-38-39-40-41-42-43-44-45-47-49-51-53-55-57-59-65(69)66-63(62-73-74(70,71)72-61-60-67(3,4)5)64(68)58-56-54-52-50-48-46-19-17-15-13-11-9-7-2/h15,17-18,20,22-23,25-26,48,50,56,58,63-64,68H,6-14,16,19,21,24,27-47,49,51-55,57,59-62H2,1-5H3,(H-,66,69,70,71)/p+1/b17-15+,20-18-,23-22-,26-25-,50-48+,58-56+. The summed E-state index contributed by atoms with van der Waals surface area (Å²) in [5.74, 6) is -0.190. The Bertz CT molecular complexity index is 1430. The van der Waals surface area contributed by atoms with Crippen molar-refractivity contribution in [3.8, 4) is 0 Å². The minimum Gasteiger partial charge on any atom is -0.387 e. The molecular formula is C65H122N2O6P+.